The lowest BCUT2D eigenvalue weighted by Crippen LogP contribution is -2.16. The summed E-state index contributed by atoms with van der Waals surface area (Å²) >= 11 is 0. The molecule has 0 aliphatic rings. The lowest BCUT2D eigenvalue weighted by atomic mass is 10.2. The molecule has 90 valence electrons. The molecule has 1 aromatic rings. The van der Waals surface area contributed by atoms with Gasteiger partial charge in [0.25, 0.3) is 0 Å². The van der Waals surface area contributed by atoms with Gasteiger partial charge in [0.2, 0.25) is 0 Å². The number of carbonyl (C=O) groups excluding carboxylic acids is 1. The molecule has 0 amide bonds. The molecule has 1 rings (SSSR count). The van der Waals surface area contributed by atoms with E-state index in [4.69, 9.17) is 0 Å². The molecule has 0 atom stereocenters. The standard InChI is InChI=1S/C12H17NO2.ClH/c1-15-12(14)8-5-9-13-10-11-6-3-2-4-7-11;/h2-4,6-7,13H,5,8-10H2,1H3;1H. The summed E-state index contributed by atoms with van der Waals surface area (Å²) in [6.07, 6.45) is 1.30. The molecule has 0 fully saturated rings. The maximum absolute atomic E-state index is 10.8. The summed E-state index contributed by atoms with van der Waals surface area (Å²) in [7, 11) is 1.42. The van der Waals surface area contributed by atoms with Crippen molar-refractivity contribution in [2.75, 3.05) is 13.7 Å². The number of hydrogen-bond donors (Lipinski definition) is 1. The van der Waals surface area contributed by atoms with Gasteiger partial charge >= 0.3 is 5.97 Å². The average molecular weight is 244 g/mol. The van der Waals surface area contributed by atoms with Gasteiger partial charge in [-0.2, -0.15) is 0 Å². The summed E-state index contributed by atoms with van der Waals surface area (Å²) in [5.41, 5.74) is 1.26. The van der Waals surface area contributed by atoms with Gasteiger partial charge in [-0.25, -0.2) is 0 Å². The van der Waals surface area contributed by atoms with E-state index in [2.05, 4.69) is 22.2 Å². The molecule has 0 spiro atoms. The van der Waals surface area contributed by atoms with Gasteiger partial charge in [0.1, 0.15) is 0 Å². The molecule has 0 radical (unpaired) electrons. The summed E-state index contributed by atoms with van der Waals surface area (Å²) in [5.74, 6) is -0.142. The van der Waals surface area contributed by atoms with Crippen LogP contribution in [0.15, 0.2) is 30.3 Å². The van der Waals surface area contributed by atoms with E-state index in [1.54, 1.807) is 0 Å². The van der Waals surface area contributed by atoms with E-state index < -0.39 is 0 Å². The average Bonchev–Trinajstić information content (AvgIpc) is 2.29. The summed E-state index contributed by atoms with van der Waals surface area (Å²) in [5, 5.41) is 3.27. The van der Waals surface area contributed by atoms with Crippen molar-refractivity contribution in [2.45, 2.75) is 19.4 Å². The Labute approximate surface area is 103 Å². The van der Waals surface area contributed by atoms with Crippen LogP contribution >= 0.6 is 12.4 Å². The first-order chi connectivity index (χ1) is 7.33. The Hall–Kier alpha value is -1.06. The van der Waals surface area contributed by atoms with Crippen molar-refractivity contribution >= 4 is 18.4 Å². The number of halogens is 1. The second-order valence-corrected chi connectivity index (χ2v) is 3.34. The van der Waals surface area contributed by atoms with Gasteiger partial charge in [-0.15, -0.1) is 12.4 Å². The normalized spacial score (nSPS) is 9.31. The number of esters is 1. The minimum absolute atomic E-state index is 0. The zero-order chi connectivity index (χ0) is 10.9. The highest BCUT2D eigenvalue weighted by molar-refractivity contribution is 5.85. The second kappa shape index (κ2) is 9.19. The summed E-state index contributed by atoms with van der Waals surface area (Å²) in [6, 6.07) is 10.2. The smallest absolute Gasteiger partial charge is 0.305 e. The van der Waals surface area contributed by atoms with Gasteiger partial charge in [0, 0.05) is 13.0 Å². The fourth-order valence-electron chi connectivity index (χ4n) is 1.29. The van der Waals surface area contributed by atoms with Crippen LogP contribution in [-0.2, 0) is 16.1 Å². The highest BCUT2D eigenvalue weighted by atomic mass is 35.5. The molecule has 0 aromatic heterocycles. The zero-order valence-electron chi connectivity index (χ0n) is 9.44. The van der Waals surface area contributed by atoms with Crippen molar-refractivity contribution in [2.24, 2.45) is 0 Å². The number of ether oxygens (including phenoxy) is 1. The lowest BCUT2D eigenvalue weighted by Gasteiger charge is -2.03. The molecule has 0 heterocycles. The number of hydrogen-bond acceptors (Lipinski definition) is 3. The van der Waals surface area contributed by atoms with Crippen LogP contribution in [0.5, 0.6) is 0 Å². The van der Waals surface area contributed by atoms with Gasteiger partial charge < -0.3 is 10.1 Å². The molecular weight excluding hydrogens is 226 g/mol. The Morgan fingerprint density at radius 1 is 1.31 bits per heavy atom. The molecule has 1 aromatic carbocycles. The minimum atomic E-state index is -0.142. The van der Waals surface area contributed by atoms with E-state index in [1.807, 2.05) is 18.2 Å². The molecule has 0 aliphatic carbocycles. The maximum atomic E-state index is 10.8. The van der Waals surface area contributed by atoms with Crippen LogP contribution in [0.3, 0.4) is 0 Å². The molecule has 0 bridgehead atoms. The van der Waals surface area contributed by atoms with Crippen molar-refractivity contribution in [1.29, 1.82) is 0 Å². The predicted molar refractivity (Wildman–Crippen MR) is 66.6 cm³/mol. The predicted octanol–water partition coefficient (Wildman–Crippen LogP) is 2.15. The number of benzene rings is 1. The Morgan fingerprint density at radius 3 is 2.62 bits per heavy atom. The molecule has 16 heavy (non-hydrogen) atoms. The molecule has 0 unspecified atom stereocenters. The van der Waals surface area contributed by atoms with Crippen molar-refractivity contribution < 1.29 is 9.53 Å². The molecule has 3 nitrogen and oxygen atoms in total. The van der Waals surface area contributed by atoms with Crippen LogP contribution in [0.4, 0.5) is 0 Å². The Morgan fingerprint density at radius 2 is 2.00 bits per heavy atom. The lowest BCUT2D eigenvalue weighted by molar-refractivity contribution is -0.140. The summed E-state index contributed by atoms with van der Waals surface area (Å²) < 4.78 is 4.55. The van der Waals surface area contributed by atoms with E-state index in [0.29, 0.717) is 6.42 Å². The monoisotopic (exact) mass is 243 g/mol. The first kappa shape index (κ1) is 14.9. The van der Waals surface area contributed by atoms with Crippen molar-refractivity contribution in [1.82, 2.24) is 5.32 Å². The van der Waals surface area contributed by atoms with E-state index in [-0.39, 0.29) is 18.4 Å². The van der Waals surface area contributed by atoms with E-state index >= 15 is 0 Å². The van der Waals surface area contributed by atoms with E-state index in [9.17, 15) is 4.79 Å². The molecule has 4 heteroatoms. The van der Waals surface area contributed by atoms with Gasteiger partial charge in [0.05, 0.1) is 7.11 Å². The molecule has 0 saturated carbocycles. The van der Waals surface area contributed by atoms with Gasteiger partial charge in [-0.05, 0) is 18.5 Å². The Bertz CT molecular complexity index is 290. The van der Waals surface area contributed by atoms with Crippen molar-refractivity contribution in [3.05, 3.63) is 35.9 Å². The minimum Gasteiger partial charge on any atom is -0.469 e. The quantitative estimate of drug-likeness (QED) is 0.615. The fraction of sp³-hybridized carbons (Fsp3) is 0.417. The van der Waals surface area contributed by atoms with Gasteiger partial charge in [0.15, 0.2) is 0 Å². The van der Waals surface area contributed by atoms with Gasteiger partial charge in [-0.3, -0.25) is 4.79 Å². The number of methoxy groups -OCH3 is 1. The van der Waals surface area contributed by atoms with E-state index in [1.165, 1.54) is 12.7 Å². The number of carbonyl (C=O) groups is 1. The molecule has 1 N–H and O–H groups in total. The highest BCUT2D eigenvalue weighted by Gasteiger charge is 1.98. The fourth-order valence-corrected chi connectivity index (χ4v) is 1.29. The molecule has 0 aliphatic heterocycles. The Kier molecular flexibility index (Phi) is 8.58. The number of nitrogens with one attached hydrogen (secondary N) is 1. The van der Waals surface area contributed by atoms with E-state index in [0.717, 1.165) is 19.5 Å². The topological polar surface area (TPSA) is 38.3 Å². The third kappa shape index (κ3) is 6.43. The van der Waals surface area contributed by atoms with Crippen LogP contribution in [0.2, 0.25) is 0 Å². The highest BCUT2D eigenvalue weighted by Crippen LogP contribution is 1.97. The number of rotatable bonds is 6. The van der Waals surface area contributed by atoms with Crippen LogP contribution in [-0.4, -0.2) is 19.6 Å². The van der Waals surface area contributed by atoms with Crippen LogP contribution in [0, 0.1) is 0 Å². The third-order valence-corrected chi connectivity index (χ3v) is 2.13. The zero-order valence-corrected chi connectivity index (χ0v) is 10.3. The third-order valence-electron chi connectivity index (χ3n) is 2.13. The van der Waals surface area contributed by atoms with Gasteiger partial charge in [-0.1, -0.05) is 30.3 Å². The first-order valence-electron chi connectivity index (χ1n) is 5.14. The van der Waals surface area contributed by atoms with Crippen LogP contribution in [0.25, 0.3) is 0 Å². The maximum Gasteiger partial charge on any atom is 0.305 e. The first-order valence-corrected chi connectivity index (χ1v) is 5.14. The summed E-state index contributed by atoms with van der Waals surface area (Å²) in [4.78, 5) is 10.8. The molecule has 0 saturated heterocycles. The Balaban J connectivity index is 0.00000225. The van der Waals surface area contributed by atoms with Crippen LogP contribution < -0.4 is 5.32 Å². The van der Waals surface area contributed by atoms with Crippen molar-refractivity contribution in [3.63, 3.8) is 0 Å². The second-order valence-electron chi connectivity index (χ2n) is 3.34. The van der Waals surface area contributed by atoms with Crippen molar-refractivity contribution in [3.8, 4) is 0 Å². The SMILES string of the molecule is COC(=O)CCCNCc1ccccc1.Cl. The largest absolute Gasteiger partial charge is 0.469 e. The summed E-state index contributed by atoms with van der Waals surface area (Å²) in [6.45, 7) is 1.69. The van der Waals surface area contributed by atoms with Crippen LogP contribution in [0.1, 0.15) is 18.4 Å². The molecular formula is C12H18ClNO2.